The van der Waals surface area contributed by atoms with Crippen LogP contribution in [0, 0.1) is 5.92 Å². The normalized spacial score (nSPS) is 26.2. The van der Waals surface area contributed by atoms with Crippen molar-refractivity contribution in [2.45, 2.75) is 56.6 Å². The summed E-state index contributed by atoms with van der Waals surface area (Å²) in [6.07, 6.45) is 3.74. The van der Waals surface area contributed by atoms with Gasteiger partial charge in [-0.15, -0.1) is 0 Å². The highest BCUT2D eigenvalue weighted by atomic mass is 19.4. The molecule has 2 atom stereocenters. The van der Waals surface area contributed by atoms with E-state index in [1.165, 1.54) is 0 Å². The molecule has 2 aliphatic heterocycles. The Bertz CT molecular complexity index is 742. The number of carboxylic acid groups (broad SMARTS) is 1. The first-order valence-electron chi connectivity index (χ1n) is 9.92. The topological polar surface area (TPSA) is 89.0 Å². The summed E-state index contributed by atoms with van der Waals surface area (Å²) >= 11 is 0. The minimum atomic E-state index is -5.08. The van der Waals surface area contributed by atoms with Gasteiger partial charge in [-0.1, -0.05) is 6.07 Å². The standard InChI is InChI=1S/C18H24N2O3.C2HF3O2/c21-17(15-4-5-15)20-8-2-6-18(13-20)9-16(12-23-18)22-11-14-3-1-7-19-10-14;3-2(4,5)1(6)7/h1,3,7,10,15-16H,2,4-6,8-9,11-13H2;(H,6,7)/t16-,18+;/m1./s1. The minimum absolute atomic E-state index is 0.117. The summed E-state index contributed by atoms with van der Waals surface area (Å²) in [5, 5.41) is 7.12. The summed E-state index contributed by atoms with van der Waals surface area (Å²) in [7, 11) is 0. The van der Waals surface area contributed by atoms with Gasteiger partial charge in [0.2, 0.25) is 5.91 Å². The Morgan fingerprint density at radius 1 is 1.37 bits per heavy atom. The number of amides is 1. The lowest BCUT2D eigenvalue weighted by atomic mass is 9.89. The van der Waals surface area contributed by atoms with Crippen LogP contribution in [0.4, 0.5) is 13.2 Å². The van der Waals surface area contributed by atoms with Gasteiger partial charge in [0.05, 0.1) is 24.9 Å². The second-order valence-corrected chi connectivity index (χ2v) is 7.93. The Balaban J connectivity index is 0.000000318. The summed E-state index contributed by atoms with van der Waals surface area (Å²) in [4.78, 5) is 27.4. The van der Waals surface area contributed by atoms with E-state index >= 15 is 0 Å². The van der Waals surface area contributed by atoms with Crippen molar-refractivity contribution in [1.82, 2.24) is 9.88 Å². The van der Waals surface area contributed by atoms with Crippen LogP contribution in [0.3, 0.4) is 0 Å². The van der Waals surface area contributed by atoms with Gasteiger partial charge in [-0.2, -0.15) is 13.2 Å². The van der Waals surface area contributed by atoms with Gasteiger partial charge in [-0.05, 0) is 37.3 Å². The van der Waals surface area contributed by atoms with Crippen molar-refractivity contribution in [3.8, 4) is 0 Å². The van der Waals surface area contributed by atoms with Crippen molar-refractivity contribution in [2.75, 3.05) is 19.7 Å². The molecule has 1 spiro atoms. The molecule has 3 fully saturated rings. The third-order valence-electron chi connectivity index (χ3n) is 5.40. The number of aromatic nitrogens is 1. The highest BCUT2D eigenvalue weighted by Crippen LogP contribution is 2.38. The first-order valence-corrected chi connectivity index (χ1v) is 9.92. The molecule has 0 radical (unpaired) electrons. The molecule has 2 saturated heterocycles. The van der Waals surface area contributed by atoms with Crippen LogP contribution < -0.4 is 0 Å². The summed E-state index contributed by atoms with van der Waals surface area (Å²) in [5.74, 6) is -2.12. The van der Waals surface area contributed by atoms with Gasteiger partial charge >= 0.3 is 12.1 Å². The number of nitrogens with zero attached hydrogens (tertiary/aromatic N) is 2. The van der Waals surface area contributed by atoms with Gasteiger partial charge < -0.3 is 19.5 Å². The van der Waals surface area contributed by atoms with E-state index < -0.39 is 12.1 Å². The molecule has 3 heterocycles. The molecule has 30 heavy (non-hydrogen) atoms. The van der Waals surface area contributed by atoms with Gasteiger partial charge in [0, 0.05) is 37.8 Å². The number of ether oxygens (including phenoxy) is 2. The van der Waals surface area contributed by atoms with Crippen LogP contribution in [0.15, 0.2) is 24.5 Å². The molecule has 4 rings (SSSR count). The fourth-order valence-electron chi connectivity index (χ4n) is 3.77. The van der Waals surface area contributed by atoms with E-state index in [0.29, 0.717) is 25.0 Å². The third kappa shape index (κ3) is 6.15. The second kappa shape index (κ2) is 9.30. The van der Waals surface area contributed by atoms with Gasteiger partial charge in [0.1, 0.15) is 0 Å². The van der Waals surface area contributed by atoms with Crippen LogP contribution >= 0.6 is 0 Å². The largest absolute Gasteiger partial charge is 0.490 e. The molecule has 1 amide bonds. The molecule has 10 heteroatoms. The number of carboxylic acids is 1. The maximum atomic E-state index is 12.3. The van der Waals surface area contributed by atoms with E-state index in [9.17, 15) is 18.0 Å². The molecule has 7 nitrogen and oxygen atoms in total. The Morgan fingerprint density at radius 2 is 2.10 bits per heavy atom. The zero-order valence-corrected chi connectivity index (χ0v) is 16.4. The van der Waals surface area contributed by atoms with E-state index in [1.807, 2.05) is 23.2 Å². The second-order valence-electron chi connectivity index (χ2n) is 7.93. The lowest BCUT2D eigenvalue weighted by molar-refractivity contribution is -0.192. The van der Waals surface area contributed by atoms with Crippen molar-refractivity contribution in [2.24, 2.45) is 5.92 Å². The Kier molecular flexibility index (Phi) is 6.97. The highest BCUT2D eigenvalue weighted by Gasteiger charge is 2.46. The van der Waals surface area contributed by atoms with Crippen LogP contribution in [0.1, 0.15) is 37.7 Å². The number of hydrogen-bond acceptors (Lipinski definition) is 5. The average Bonchev–Trinajstić information content (AvgIpc) is 3.49. The zero-order chi connectivity index (χ0) is 21.8. The van der Waals surface area contributed by atoms with Crippen LogP contribution in [0.2, 0.25) is 0 Å². The van der Waals surface area contributed by atoms with E-state index in [1.54, 1.807) is 6.20 Å². The van der Waals surface area contributed by atoms with E-state index in [0.717, 1.165) is 50.8 Å². The number of likely N-dealkylation sites (tertiary alicyclic amines) is 1. The smallest absolute Gasteiger partial charge is 0.475 e. The summed E-state index contributed by atoms with van der Waals surface area (Å²) in [5.41, 5.74) is 0.908. The van der Waals surface area contributed by atoms with Crippen LogP contribution in [-0.2, 0) is 25.7 Å². The zero-order valence-electron chi connectivity index (χ0n) is 16.4. The number of carbonyl (C=O) groups is 2. The number of aliphatic carboxylic acids is 1. The molecule has 1 aliphatic carbocycles. The molecule has 1 saturated carbocycles. The molecular weight excluding hydrogens is 405 g/mol. The maximum Gasteiger partial charge on any atom is 0.490 e. The predicted molar refractivity (Wildman–Crippen MR) is 98.3 cm³/mol. The van der Waals surface area contributed by atoms with E-state index in [4.69, 9.17) is 19.4 Å². The number of hydrogen-bond donors (Lipinski definition) is 1. The van der Waals surface area contributed by atoms with E-state index in [-0.39, 0.29) is 11.7 Å². The summed E-state index contributed by atoms with van der Waals surface area (Å²) < 4.78 is 43.9. The molecular formula is C20H25F3N2O5. The van der Waals surface area contributed by atoms with Crippen molar-refractivity contribution >= 4 is 11.9 Å². The van der Waals surface area contributed by atoms with Gasteiger partial charge in [0.15, 0.2) is 0 Å². The first kappa shape index (κ1) is 22.5. The third-order valence-corrected chi connectivity index (χ3v) is 5.40. The van der Waals surface area contributed by atoms with Crippen molar-refractivity contribution in [1.29, 1.82) is 0 Å². The minimum Gasteiger partial charge on any atom is -0.475 e. The van der Waals surface area contributed by atoms with Gasteiger partial charge in [-0.3, -0.25) is 9.78 Å². The highest BCUT2D eigenvalue weighted by molar-refractivity contribution is 5.81. The quantitative estimate of drug-likeness (QED) is 0.790. The number of rotatable bonds is 4. The molecule has 1 N–H and O–H groups in total. The van der Waals surface area contributed by atoms with Gasteiger partial charge in [-0.25, -0.2) is 4.79 Å². The number of piperidine rings is 1. The fraction of sp³-hybridized carbons (Fsp3) is 0.650. The van der Waals surface area contributed by atoms with Gasteiger partial charge in [0.25, 0.3) is 0 Å². The Morgan fingerprint density at radius 3 is 2.70 bits per heavy atom. The van der Waals surface area contributed by atoms with Crippen molar-refractivity contribution < 1.29 is 37.3 Å². The summed E-state index contributed by atoms with van der Waals surface area (Å²) in [6.45, 7) is 2.84. The predicted octanol–water partition coefficient (Wildman–Crippen LogP) is 2.79. The number of alkyl halides is 3. The maximum absolute atomic E-state index is 12.3. The molecule has 1 aromatic heterocycles. The van der Waals surface area contributed by atoms with E-state index in [2.05, 4.69) is 4.98 Å². The van der Waals surface area contributed by atoms with Crippen molar-refractivity contribution in [3.63, 3.8) is 0 Å². The lowest BCUT2D eigenvalue weighted by Gasteiger charge is -2.39. The number of carbonyl (C=O) groups excluding carboxylic acids is 1. The van der Waals surface area contributed by atoms with Crippen LogP contribution in [-0.4, -0.2) is 64.4 Å². The monoisotopic (exact) mass is 430 g/mol. The first-order chi connectivity index (χ1) is 14.2. The lowest BCUT2D eigenvalue weighted by Crippen LogP contribution is -2.50. The average molecular weight is 430 g/mol. The molecule has 0 bridgehead atoms. The van der Waals surface area contributed by atoms with Crippen LogP contribution in [0.25, 0.3) is 0 Å². The molecule has 166 valence electrons. The molecule has 1 aromatic rings. The Labute approximate surface area is 172 Å². The molecule has 3 aliphatic rings. The molecule has 0 unspecified atom stereocenters. The number of halogens is 3. The van der Waals surface area contributed by atoms with Crippen LogP contribution in [0.5, 0.6) is 0 Å². The summed E-state index contributed by atoms with van der Waals surface area (Å²) in [6, 6.07) is 3.95. The number of pyridine rings is 1. The van der Waals surface area contributed by atoms with Crippen molar-refractivity contribution in [3.05, 3.63) is 30.1 Å². The fourth-order valence-corrected chi connectivity index (χ4v) is 3.77. The molecule has 0 aromatic carbocycles. The Hall–Kier alpha value is -2.20. The SMILES string of the molecule is O=C(C1CC1)N1CCC[C@]2(C[C@@H](OCc3cccnc3)CO2)C1.O=C(O)C(F)(F)F.